The summed E-state index contributed by atoms with van der Waals surface area (Å²) in [6.45, 7) is -0.469. The highest BCUT2D eigenvalue weighted by Crippen LogP contribution is 2.61. The van der Waals surface area contributed by atoms with Gasteiger partial charge < -0.3 is 10.1 Å². The van der Waals surface area contributed by atoms with Crippen molar-refractivity contribution < 1.29 is 23.9 Å². The fourth-order valence-electron chi connectivity index (χ4n) is 6.64. The van der Waals surface area contributed by atoms with Crippen molar-refractivity contribution in [2.24, 2.45) is 11.8 Å². The molecule has 7 heteroatoms. The molecule has 1 heterocycles. The average Bonchev–Trinajstić information content (AvgIpc) is 3.26. The molecule has 3 amide bonds. The number of nitrogens with zero attached hydrogens (tertiary/aromatic N) is 1. The Hall–Kier alpha value is -5.04. The molecule has 7 nitrogen and oxygen atoms in total. The summed E-state index contributed by atoms with van der Waals surface area (Å²) in [5.41, 5.74) is 5.46. The molecule has 4 aromatic rings. The predicted octanol–water partition coefficient (Wildman–Crippen LogP) is 4.88. The highest BCUT2D eigenvalue weighted by Gasteiger charge is 2.61. The Morgan fingerprint density at radius 2 is 1.20 bits per heavy atom. The van der Waals surface area contributed by atoms with Gasteiger partial charge in [0.1, 0.15) is 0 Å². The molecule has 1 saturated heterocycles. The highest BCUT2D eigenvalue weighted by molar-refractivity contribution is 6.23. The van der Waals surface area contributed by atoms with Crippen LogP contribution in [0.3, 0.4) is 0 Å². The Kier molecular flexibility index (Phi) is 5.59. The van der Waals surface area contributed by atoms with E-state index in [9.17, 15) is 19.2 Å². The van der Waals surface area contributed by atoms with Crippen LogP contribution in [0, 0.1) is 11.8 Å². The van der Waals surface area contributed by atoms with Gasteiger partial charge in [-0.15, -0.1) is 0 Å². The normalized spacial score (nSPS) is 21.9. The maximum absolute atomic E-state index is 14.0. The first-order valence-electron chi connectivity index (χ1n) is 13.2. The Morgan fingerprint density at radius 1 is 0.675 bits per heavy atom. The lowest BCUT2D eigenvalue weighted by molar-refractivity contribution is -0.122. The summed E-state index contributed by atoms with van der Waals surface area (Å²) in [6, 6.07) is 31.3. The number of para-hydroxylation sites is 1. The number of carbonyl (C=O) groups is 4. The maximum Gasteiger partial charge on any atom is 0.338 e. The van der Waals surface area contributed by atoms with Crippen LogP contribution >= 0.6 is 0 Å². The molecule has 2 bridgehead atoms. The molecule has 0 aromatic heterocycles. The van der Waals surface area contributed by atoms with Gasteiger partial charge in [-0.1, -0.05) is 72.8 Å². The molecule has 1 fully saturated rings. The second kappa shape index (κ2) is 9.31. The third-order valence-corrected chi connectivity index (χ3v) is 8.18. The minimum Gasteiger partial charge on any atom is -0.452 e. The van der Waals surface area contributed by atoms with Crippen molar-refractivity contribution in [3.05, 3.63) is 131 Å². The van der Waals surface area contributed by atoms with Crippen molar-refractivity contribution in [1.82, 2.24) is 0 Å². The second-order valence-corrected chi connectivity index (χ2v) is 10.3. The van der Waals surface area contributed by atoms with E-state index in [4.69, 9.17) is 4.74 Å². The Balaban J connectivity index is 1.15. The lowest BCUT2D eigenvalue weighted by atomic mass is 9.55. The maximum atomic E-state index is 14.0. The van der Waals surface area contributed by atoms with Gasteiger partial charge in [0.25, 0.3) is 5.91 Å². The van der Waals surface area contributed by atoms with Gasteiger partial charge in [-0.25, -0.2) is 9.69 Å². The monoisotopic (exact) mass is 528 g/mol. The fraction of sp³-hybridized carbons (Fsp3) is 0.152. The quantitative estimate of drug-likeness (QED) is 0.295. The number of benzene rings is 4. The Labute approximate surface area is 230 Å². The lowest BCUT2D eigenvalue weighted by Crippen LogP contribution is -2.41. The Bertz CT molecular complexity index is 1580. The number of hydrogen-bond acceptors (Lipinski definition) is 5. The minimum absolute atomic E-state index is 0.148. The molecular formula is C33H24N2O5. The summed E-state index contributed by atoms with van der Waals surface area (Å²) in [4.78, 5) is 54.2. The van der Waals surface area contributed by atoms with Crippen LogP contribution in [0.5, 0.6) is 0 Å². The van der Waals surface area contributed by atoms with Gasteiger partial charge in [-0.3, -0.25) is 14.4 Å². The van der Waals surface area contributed by atoms with Crippen LogP contribution in [0.1, 0.15) is 44.4 Å². The number of amides is 3. The molecule has 0 spiro atoms. The number of anilines is 2. The third-order valence-electron chi connectivity index (χ3n) is 8.18. The van der Waals surface area contributed by atoms with Crippen molar-refractivity contribution in [2.45, 2.75) is 11.8 Å². The van der Waals surface area contributed by atoms with Gasteiger partial charge in [-0.05, 0) is 52.6 Å². The van der Waals surface area contributed by atoms with Crippen molar-refractivity contribution in [2.75, 3.05) is 16.8 Å². The lowest BCUT2D eigenvalue weighted by Gasteiger charge is -2.45. The zero-order valence-corrected chi connectivity index (χ0v) is 21.3. The minimum atomic E-state index is -0.721. The number of nitrogens with one attached hydrogen (secondary N) is 1. The highest BCUT2D eigenvalue weighted by atomic mass is 16.5. The summed E-state index contributed by atoms with van der Waals surface area (Å²) in [5, 5.41) is 2.66. The van der Waals surface area contributed by atoms with E-state index in [1.807, 2.05) is 30.3 Å². The largest absolute Gasteiger partial charge is 0.452 e. The van der Waals surface area contributed by atoms with Crippen LogP contribution < -0.4 is 10.2 Å². The van der Waals surface area contributed by atoms with Gasteiger partial charge >= 0.3 is 5.97 Å². The SMILES string of the molecule is O=C(COC(=O)c1cccc(N2C(=O)[C@H]3C4c5ccccc5C(c5ccccc54)[C@@H]3C2=O)c1)Nc1ccccc1. The van der Waals surface area contributed by atoms with E-state index in [2.05, 4.69) is 29.6 Å². The van der Waals surface area contributed by atoms with Gasteiger partial charge in [0.05, 0.1) is 23.1 Å². The zero-order valence-electron chi connectivity index (χ0n) is 21.3. The second-order valence-electron chi connectivity index (χ2n) is 10.3. The van der Waals surface area contributed by atoms with E-state index < -0.39 is 30.3 Å². The third kappa shape index (κ3) is 3.66. The number of ether oxygens (including phenoxy) is 1. The molecule has 0 unspecified atom stereocenters. The summed E-state index contributed by atoms with van der Waals surface area (Å²) in [5.74, 6) is -3.16. The van der Waals surface area contributed by atoms with Crippen molar-refractivity contribution in [3.63, 3.8) is 0 Å². The van der Waals surface area contributed by atoms with E-state index >= 15 is 0 Å². The molecule has 2 atom stereocenters. The number of hydrogen-bond donors (Lipinski definition) is 1. The molecule has 1 N–H and O–H groups in total. The number of esters is 1. The van der Waals surface area contributed by atoms with E-state index in [-0.39, 0.29) is 29.2 Å². The molecular weight excluding hydrogens is 504 g/mol. The number of imide groups is 1. The van der Waals surface area contributed by atoms with Gasteiger partial charge in [-0.2, -0.15) is 0 Å². The summed E-state index contributed by atoms with van der Waals surface area (Å²) >= 11 is 0. The summed E-state index contributed by atoms with van der Waals surface area (Å²) in [6.07, 6.45) is 0. The number of rotatable bonds is 5. The molecule has 4 aromatic carbocycles. The molecule has 40 heavy (non-hydrogen) atoms. The molecule has 4 aliphatic rings. The summed E-state index contributed by atoms with van der Waals surface area (Å²) in [7, 11) is 0. The van der Waals surface area contributed by atoms with Crippen molar-refractivity contribution >= 4 is 35.1 Å². The van der Waals surface area contributed by atoms with Crippen LogP contribution in [0.4, 0.5) is 11.4 Å². The average molecular weight is 529 g/mol. The van der Waals surface area contributed by atoms with Crippen molar-refractivity contribution in [1.29, 1.82) is 0 Å². The molecule has 3 aliphatic carbocycles. The van der Waals surface area contributed by atoms with Crippen LogP contribution in [-0.4, -0.2) is 30.3 Å². The molecule has 196 valence electrons. The first kappa shape index (κ1) is 24.0. The van der Waals surface area contributed by atoms with E-state index in [0.29, 0.717) is 11.4 Å². The van der Waals surface area contributed by atoms with E-state index in [0.717, 1.165) is 22.3 Å². The summed E-state index contributed by atoms with van der Waals surface area (Å²) < 4.78 is 5.22. The van der Waals surface area contributed by atoms with E-state index in [1.165, 1.54) is 17.0 Å². The van der Waals surface area contributed by atoms with Crippen LogP contribution in [0.15, 0.2) is 103 Å². The zero-order chi connectivity index (χ0) is 27.4. The smallest absolute Gasteiger partial charge is 0.338 e. The van der Waals surface area contributed by atoms with Gasteiger partial charge in [0, 0.05) is 17.5 Å². The Morgan fingerprint density at radius 3 is 1.75 bits per heavy atom. The van der Waals surface area contributed by atoms with Crippen molar-refractivity contribution in [3.8, 4) is 0 Å². The predicted molar refractivity (Wildman–Crippen MR) is 148 cm³/mol. The standard InChI is InChI=1S/C33H24N2O5/c36-26(34-20-10-2-1-3-11-20)18-40-33(39)19-9-8-12-21(17-19)35-31(37)29-27-22-13-4-5-14-23(22)28(30(29)32(35)38)25-16-7-6-15-24(25)27/h1-17,27-30H,18H2,(H,34,36)/t27?,28?,29-,30-/m0/s1. The first-order valence-corrected chi connectivity index (χ1v) is 13.2. The fourth-order valence-corrected chi connectivity index (χ4v) is 6.64. The van der Waals surface area contributed by atoms with E-state index in [1.54, 1.807) is 36.4 Å². The molecule has 8 rings (SSSR count). The number of carbonyl (C=O) groups excluding carboxylic acids is 4. The molecule has 0 saturated carbocycles. The first-order chi connectivity index (χ1) is 19.5. The van der Waals surface area contributed by atoms with Crippen LogP contribution in [0.2, 0.25) is 0 Å². The molecule has 1 aliphatic heterocycles. The van der Waals surface area contributed by atoms with Gasteiger partial charge in [0.2, 0.25) is 11.8 Å². The van der Waals surface area contributed by atoms with Crippen LogP contribution in [-0.2, 0) is 19.1 Å². The molecule has 0 radical (unpaired) electrons. The van der Waals surface area contributed by atoms with Crippen LogP contribution in [0.25, 0.3) is 0 Å². The van der Waals surface area contributed by atoms with Gasteiger partial charge in [0.15, 0.2) is 6.61 Å². The topological polar surface area (TPSA) is 92.8 Å².